The Morgan fingerprint density at radius 1 is 1.24 bits per heavy atom. The first kappa shape index (κ1) is 12.5. The molecule has 1 aromatic rings. The van der Waals surface area contributed by atoms with Crippen LogP contribution in [0.15, 0.2) is 18.2 Å². The third kappa shape index (κ3) is 2.21. The largest absolute Gasteiger partial charge is 0.385 e. The molecular formula is C14H18F2O. The number of benzene rings is 1. The summed E-state index contributed by atoms with van der Waals surface area (Å²) < 4.78 is 26.7. The SMILES string of the molecule is CC1CCC(C)C(O)(c2ccc(F)cc2F)C1. The molecule has 0 bridgehead atoms. The lowest BCUT2D eigenvalue weighted by Gasteiger charge is -2.41. The Hall–Kier alpha value is -0.960. The first-order valence-corrected chi connectivity index (χ1v) is 6.11. The molecule has 94 valence electrons. The van der Waals surface area contributed by atoms with Crippen LogP contribution in [0.25, 0.3) is 0 Å². The average Bonchev–Trinajstić information content (AvgIpc) is 2.23. The smallest absolute Gasteiger partial charge is 0.132 e. The lowest BCUT2D eigenvalue weighted by Crippen LogP contribution is -2.39. The van der Waals surface area contributed by atoms with Crippen molar-refractivity contribution >= 4 is 0 Å². The fraction of sp³-hybridized carbons (Fsp3) is 0.571. The second-order valence-electron chi connectivity index (χ2n) is 5.34. The van der Waals surface area contributed by atoms with Crippen LogP contribution in [0.1, 0.15) is 38.7 Å². The Balaban J connectivity index is 2.42. The molecule has 0 saturated heterocycles. The van der Waals surface area contributed by atoms with E-state index < -0.39 is 17.2 Å². The van der Waals surface area contributed by atoms with Crippen molar-refractivity contribution in [3.8, 4) is 0 Å². The Labute approximate surface area is 100 Å². The molecule has 3 heteroatoms. The summed E-state index contributed by atoms with van der Waals surface area (Å²) in [7, 11) is 0. The molecule has 1 fully saturated rings. The lowest BCUT2D eigenvalue weighted by molar-refractivity contribution is -0.0652. The van der Waals surface area contributed by atoms with Crippen LogP contribution >= 0.6 is 0 Å². The molecule has 0 radical (unpaired) electrons. The summed E-state index contributed by atoms with van der Waals surface area (Å²) in [5.74, 6) is -0.890. The van der Waals surface area contributed by atoms with Crippen molar-refractivity contribution in [1.29, 1.82) is 0 Å². The molecule has 1 aliphatic carbocycles. The minimum atomic E-state index is -1.16. The fourth-order valence-electron chi connectivity index (χ4n) is 2.82. The molecule has 3 atom stereocenters. The van der Waals surface area contributed by atoms with Gasteiger partial charge < -0.3 is 5.11 Å². The zero-order valence-electron chi connectivity index (χ0n) is 10.2. The Morgan fingerprint density at radius 2 is 1.94 bits per heavy atom. The van der Waals surface area contributed by atoms with Crippen LogP contribution in [0.4, 0.5) is 8.78 Å². The molecule has 3 unspecified atom stereocenters. The summed E-state index contributed by atoms with van der Waals surface area (Å²) >= 11 is 0. The van der Waals surface area contributed by atoms with Crippen molar-refractivity contribution in [3.05, 3.63) is 35.4 Å². The predicted octanol–water partition coefficient (Wildman–Crippen LogP) is 3.61. The van der Waals surface area contributed by atoms with E-state index >= 15 is 0 Å². The molecule has 0 aliphatic heterocycles. The molecule has 17 heavy (non-hydrogen) atoms. The van der Waals surface area contributed by atoms with E-state index in [0.29, 0.717) is 12.3 Å². The molecule has 1 aromatic carbocycles. The molecule has 0 amide bonds. The Bertz CT molecular complexity index is 419. The van der Waals surface area contributed by atoms with Gasteiger partial charge in [0.1, 0.15) is 11.6 Å². The van der Waals surface area contributed by atoms with Gasteiger partial charge in [0.2, 0.25) is 0 Å². The molecule has 1 nitrogen and oxygen atoms in total. The van der Waals surface area contributed by atoms with E-state index in [4.69, 9.17) is 0 Å². The maximum Gasteiger partial charge on any atom is 0.132 e. The molecule has 2 rings (SSSR count). The van der Waals surface area contributed by atoms with Gasteiger partial charge in [-0.1, -0.05) is 26.3 Å². The third-order valence-corrected chi connectivity index (χ3v) is 3.96. The van der Waals surface area contributed by atoms with Crippen molar-refractivity contribution in [2.45, 2.75) is 38.7 Å². The number of hydrogen-bond acceptors (Lipinski definition) is 1. The zero-order chi connectivity index (χ0) is 12.6. The van der Waals surface area contributed by atoms with Gasteiger partial charge in [-0.2, -0.15) is 0 Å². The van der Waals surface area contributed by atoms with Gasteiger partial charge in [-0.05, 0) is 30.7 Å². The van der Waals surface area contributed by atoms with Gasteiger partial charge in [0.05, 0.1) is 5.60 Å². The fourth-order valence-corrected chi connectivity index (χ4v) is 2.82. The van der Waals surface area contributed by atoms with Crippen LogP contribution in [-0.2, 0) is 5.60 Å². The van der Waals surface area contributed by atoms with Crippen molar-refractivity contribution in [2.75, 3.05) is 0 Å². The van der Waals surface area contributed by atoms with Gasteiger partial charge in [-0.25, -0.2) is 8.78 Å². The van der Waals surface area contributed by atoms with Gasteiger partial charge in [0.15, 0.2) is 0 Å². The van der Waals surface area contributed by atoms with E-state index in [1.807, 2.05) is 6.92 Å². The molecule has 0 spiro atoms. The second kappa shape index (κ2) is 4.37. The number of rotatable bonds is 1. The van der Waals surface area contributed by atoms with Crippen LogP contribution in [-0.4, -0.2) is 5.11 Å². The van der Waals surface area contributed by atoms with E-state index in [0.717, 1.165) is 18.9 Å². The van der Waals surface area contributed by atoms with E-state index in [1.165, 1.54) is 12.1 Å². The predicted molar refractivity (Wildman–Crippen MR) is 62.4 cm³/mol. The molecule has 1 aliphatic rings. The average molecular weight is 240 g/mol. The standard InChI is InChI=1S/C14H18F2O/c1-9-3-4-10(2)14(17,8-9)12-6-5-11(15)7-13(12)16/h5-7,9-10,17H,3-4,8H2,1-2H3. The number of aliphatic hydroxyl groups is 1. The van der Waals surface area contributed by atoms with E-state index in [2.05, 4.69) is 6.92 Å². The summed E-state index contributed by atoms with van der Waals surface area (Å²) in [6.07, 6.45) is 2.46. The van der Waals surface area contributed by atoms with Crippen molar-refractivity contribution in [2.24, 2.45) is 11.8 Å². The molecule has 0 heterocycles. The van der Waals surface area contributed by atoms with Crippen molar-refractivity contribution < 1.29 is 13.9 Å². The minimum Gasteiger partial charge on any atom is -0.385 e. The maximum atomic E-state index is 13.8. The van der Waals surface area contributed by atoms with Gasteiger partial charge in [0.25, 0.3) is 0 Å². The Morgan fingerprint density at radius 3 is 2.59 bits per heavy atom. The first-order valence-electron chi connectivity index (χ1n) is 6.11. The van der Waals surface area contributed by atoms with Crippen LogP contribution in [0.3, 0.4) is 0 Å². The quantitative estimate of drug-likeness (QED) is 0.795. The highest BCUT2D eigenvalue weighted by molar-refractivity contribution is 5.26. The molecule has 1 saturated carbocycles. The molecular weight excluding hydrogens is 222 g/mol. The lowest BCUT2D eigenvalue weighted by atomic mass is 9.69. The van der Waals surface area contributed by atoms with Crippen LogP contribution < -0.4 is 0 Å². The summed E-state index contributed by atoms with van der Waals surface area (Å²) in [4.78, 5) is 0. The highest BCUT2D eigenvalue weighted by Gasteiger charge is 2.41. The number of hydrogen-bond donors (Lipinski definition) is 1. The molecule has 0 aromatic heterocycles. The van der Waals surface area contributed by atoms with Crippen molar-refractivity contribution in [3.63, 3.8) is 0 Å². The van der Waals surface area contributed by atoms with E-state index in [9.17, 15) is 13.9 Å². The van der Waals surface area contributed by atoms with Crippen LogP contribution in [0, 0.1) is 23.5 Å². The summed E-state index contributed by atoms with van der Waals surface area (Å²) in [6.45, 7) is 3.98. The third-order valence-electron chi connectivity index (χ3n) is 3.96. The van der Waals surface area contributed by atoms with E-state index in [-0.39, 0.29) is 11.5 Å². The van der Waals surface area contributed by atoms with Gasteiger partial charge in [-0.15, -0.1) is 0 Å². The van der Waals surface area contributed by atoms with Crippen molar-refractivity contribution in [1.82, 2.24) is 0 Å². The van der Waals surface area contributed by atoms with Crippen LogP contribution in [0.5, 0.6) is 0 Å². The molecule has 1 N–H and O–H groups in total. The van der Waals surface area contributed by atoms with E-state index in [1.54, 1.807) is 0 Å². The summed E-state index contributed by atoms with van der Waals surface area (Å²) in [5, 5.41) is 10.7. The normalized spacial score (nSPS) is 33.7. The Kier molecular flexibility index (Phi) is 3.21. The van der Waals surface area contributed by atoms with Crippen LogP contribution in [0.2, 0.25) is 0 Å². The summed E-state index contributed by atoms with van der Waals surface area (Å²) in [6, 6.07) is 3.43. The monoisotopic (exact) mass is 240 g/mol. The van der Waals surface area contributed by atoms with Gasteiger partial charge >= 0.3 is 0 Å². The highest BCUT2D eigenvalue weighted by Crippen LogP contribution is 2.44. The maximum absolute atomic E-state index is 13.8. The number of halogens is 2. The minimum absolute atomic E-state index is 0.00124. The topological polar surface area (TPSA) is 20.2 Å². The van der Waals surface area contributed by atoms with Gasteiger partial charge in [0, 0.05) is 11.6 Å². The first-order chi connectivity index (χ1) is 7.93. The second-order valence-corrected chi connectivity index (χ2v) is 5.34. The van der Waals surface area contributed by atoms with Gasteiger partial charge in [-0.3, -0.25) is 0 Å². The summed E-state index contributed by atoms with van der Waals surface area (Å²) in [5.41, 5.74) is -0.923. The zero-order valence-corrected chi connectivity index (χ0v) is 10.2. The highest BCUT2D eigenvalue weighted by atomic mass is 19.1.